The standard InChI is InChI=1S/C17H23ClN4/c1-5-15(21-16-10-11-20-17(18)22-16)9-8-14(19)7-6-13(4)12(2)3/h5,8-11H,1,6-7,19H2,2-4H3,(H,20,21,22)/b14-8+,15-9+. The number of nitrogens with two attached hydrogens (primary N) is 1. The van der Waals surface area contributed by atoms with Crippen LogP contribution in [-0.2, 0) is 0 Å². The van der Waals surface area contributed by atoms with Crippen LogP contribution in [0.2, 0.25) is 5.28 Å². The summed E-state index contributed by atoms with van der Waals surface area (Å²) in [5.41, 5.74) is 10.4. The molecule has 22 heavy (non-hydrogen) atoms. The van der Waals surface area contributed by atoms with Crippen LogP contribution in [0.3, 0.4) is 0 Å². The number of anilines is 1. The molecule has 3 N–H and O–H groups in total. The number of rotatable bonds is 7. The Bertz CT molecular complexity index is 611. The lowest BCUT2D eigenvalue weighted by molar-refractivity contribution is 0.896. The predicted molar refractivity (Wildman–Crippen MR) is 94.5 cm³/mol. The predicted octanol–water partition coefficient (Wildman–Crippen LogP) is 4.59. The Morgan fingerprint density at radius 2 is 2.05 bits per heavy atom. The Hall–Kier alpha value is -2.07. The summed E-state index contributed by atoms with van der Waals surface area (Å²) in [7, 11) is 0. The van der Waals surface area contributed by atoms with Gasteiger partial charge in [0.1, 0.15) is 5.82 Å². The average Bonchev–Trinajstić information content (AvgIpc) is 2.48. The maximum atomic E-state index is 6.03. The van der Waals surface area contributed by atoms with Crippen LogP contribution in [0.4, 0.5) is 5.82 Å². The summed E-state index contributed by atoms with van der Waals surface area (Å²) in [6.07, 6.45) is 8.83. The van der Waals surface area contributed by atoms with E-state index in [4.69, 9.17) is 17.3 Å². The summed E-state index contributed by atoms with van der Waals surface area (Å²) in [6.45, 7) is 10.1. The Labute approximate surface area is 137 Å². The van der Waals surface area contributed by atoms with E-state index in [0.717, 1.165) is 24.2 Å². The molecule has 1 rings (SSSR count). The minimum atomic E-state index is 0.195. The Morgan fingerprint density at radius 1 is 1.32 bits per heavy atom. The van der Waals surface area contributed by atoms with Gasteiger partial charge in [-0.2, -0.15) is 0 Å². The quantitative estimate of drug-likeness (QED) is 0.438. The van der Waals surface area contributed by atoms with E-state index in [1.165, 1.54) is 11.1 Å². The number of hydrogen-bond acceptors (Lipinski definition) is 4. The first-order valence-corrected chi connectivity index (χ1v) is 7.47. The maximum absolute atomic E-state index is 6.03. The second-order valence-corrected chi connectivity index (χ2v) is 5.52. The molecule has 0 aliphatic heterocycles. The third-order valence-electron chi connectivity index (χ3n) is 3.24. The van der Waals surface area contributed by atoms with Gasteiger partial charge in [-0.3, -0.25) is 0 Å². The van der Waals surface area contributed by atoms with Crippen molar-refractivity contribution in [3.8, 4) is 0 Å². The zero-order valence-electron chi connectivity index (χ0n) is 13.4. The molecular weight excluding hydrogens is 296 g/mol. The van der Waals surface area contributed by atoms with E-state index in [2.05, 4.69) is 42.6 Å². The monoisotopic (exact) mass is 318 g/mol. The summed E-state index contributed by atoms with van der Waals surface area (Å²) in [4.78, 5) is 7.90. The molecule has 0 atom stereocenters. The Kier molecular flexibility index (Phi) is 7.40. The second-order valence-electron chi connectivity index (χ2n) is 5.18. The molecule has 1 aromatic heterocycles. The van der Waals surface area contributed by atoms with Crippen molar-refractivity contribution >= 4 is 17.4 Å². The summed E-state index contributed by atoms with van der Waals surface area (Å²) in [6, 6.07) is 1.73. The molecule has 4 nitrogen and oxygen atoms in total. The van der Waals surface area contributed by atoms with E-state index in [-0.39, 0.29) is 5.28 Å². The molecule has 0 saturated heterocycles. The fourth-order valence-corrected chi connectivity index (χ4v) is 1.72. The molecule has 0 aromatic carbocycles. The number of halogens is 1. The fraction of sp³-hybridized carbons (Fsp3) is 0.294. The largest absolute Gasteiger partial charge is 0.402 e. The van der Waals surface area contributed by atoms with Gasteiger partial charge in [0, 0.05) is 17.6 Å². The van der Waals surface area contributed by atoms with Crippen LogP contribution in [-0.4, -0.2) is 9.97 Å². The van der Waals surface area contributed by atoms with Gasteiger partial charge in [0.25, 0.3) is 0 Å². The molecule has 0 aliphatic rings. The molecule has 118 valence electrons. The van der Waals surface area contributed by atoms with Crippen LogP contribution in [0.5, 0.6) is 0 Å². The lowest BCUT2D eigenvalue weighted by Crippen LogP contribution is -2.01. The van der Waals surface area contributed by atoms with Crippen LogP contribution >= 0.6 is 11.6 Å². The van der Waals surface area contributed by atoms with E-state index >= 15 is 0 Å². The summed E-state index contributed by atoms with van der Waals surface area (Å²) in [5.74, 6) is 0.610. The van der Waals surface area contributed by atoms with Gasteiger partial charge >= 0.3 is 0 Å². The zero-order chi connectivity index (χ0) is 16.5. The van der Waals surface area contributed by atoms with Crippen molar-refractivity contribution in [3.63, 3.8) is 0 Å². The molecule has 0 aliphatic carbocycles. The van der Waals surface area contributed by atoms with E-state index in [1.807, 2.05) is 12.2 Å². The van der Waals surface area contributed by atoms with Gasteiger partial charge < -0.3 is 11.1 Å². The van der Waals surface area contributed by atoms with Gasteiger partial charge in [0.2, 0.25) is 5.28 Å². The number of nitrogens with one attached hydrogen (secondary N) is 1. The molecule has 0 radical (unpaired) electrons. The van der Waals surface area contributed by atoms with E-state index in [0.29, 0.717) is 5.82 Å². The van der Waals surface area contributed by atoms with Crippen molar-refractivity contribution in [1.82, 2.24) is 9.97 Å². The van der Waals surface area contributed by atoms with Crippen LogP contribution in [0.15, 0.2) is 59.6 Å². The number of aromatic nitrogens is 2. The first kappa shape index (κ1) is 18.0. The highest BCUT2D eigenvalue weighted by Gasteiger charge is 1.98. The van der Waals surface area contributed by atoms with Gasteiger partial charge in [-0.05, 0) is 69.5 Å². The average molecular weight is 319 g/mol. The topological polar surface area (TPSA) is 63.8 Å². The highest BCUT2D eigenvalue weighted by Crippen LogP contribution is 2.13. The molecule has 0 unspecified atom stereocenters. The van der Waals surface area contributed by atoms with Crippen molar-refractivity contribution in [2.45, 2.75) is 33.6 Å². The van der Waals surface area contributed by atoms with Crippen LogP contribution in [0.25, 0.3) is 0 Å². The second kappa shape index (κ2) is 9.05. The van der Waals surface area contributed by atoms with Crippen LogP contribution in [0.1, 0.15) is 33.6 Å². The van der Waals surface area contributed by atoms with E-state index < -0.39 is 0 Å². The molecule has 0 spiro atoms. The lowest BCUT2D eigenvalue weighted by Gasteiger charge is -2.06. The zero-order valence-corrected chi connectivity index (χ0v) is 14.1. The molecule has 0 bridgehead atoms. The van der Waals surface area contributed by atoms with Crippen molar-refractivity contribution in [2.24, 2.45) is 5.73 Å². The van der Waals surface area contributed by atoms with Gasteiger partial charge in [-0.25, -0.2) is 9.97 Å². The molecule has 0 amide bonds. The maximum Gasteiger partial charge on any atom is 0.224 e. The third-order valence-corrected chi connectivity index (χ3v) is 3.42. The number of nitrogens with zero attached hydrogens (tertiary/aromatic N) is 2. The number of hydrogen-bond donors (Lipinski definition) is 2. The number of allylic oxidation sites excluding steroid dienone is 6. The van der Waals surface area contributed by atoms with Gasteiger partial charge in [0.15, 0.2) is 0 Å². The molecule has 0 saturated carbocycles. The van der Waals surface area contributed by atoms with E-state index in [1.54, 1.807) is 18.3 Å². The SMILES string of the molecule is C=C/C(=C\C=C(\N)CCC(C)=C(C)C)Nc1ccnc(Cl)n1. The Balaban J connectivity index is 2.69. The minimum absolute atomic E-state index is 0.195. The summed E-state index contributed by atoms with van der Waals surface area (Å²) >= 11 is 5.75. The molecule has 1 aromatic rings. The van der Waals surface area contributed by atoms with Gasteiger partial charge in [-0.15, -0.1) is 0 Å². The normalized spacial score (nSPS) is 12.0. The van der Waals surface area contributed by atoms with Crippen molar-refractivity contribution in [3.05, 3.63) is 64.9 Å². The van der Waals surface area contributed by atoms with Crippen LogP contribution in [0, 0.1) is 0 Å². The molecule has 1 heterocycles. The highest BCUT2D eigenvalue weighted by molar-refractivity contribution is 6.28. The van der Waals surface area contributed by atoms with Crippen molar-refractivity contribution < 1.29 is 0 Å². The first-order valence-electron chi connectivity index (χ1n) is 7.09. The van der Waals surface area contributed by atoms with Crippen molar-refractivity contribution in [1.29, 1.82) is 0 Å². The lowest BCUT2D eigenvalue weighted by atomic mass is 10.1. The first-order chi connectivity index (χ1) is 10.4. The smallest absolute Gasteiger partial charge is 0.224 e. The van der Waals surface area contributed by atoms with E-state index in [9.17, 15) is 0 Å². The fourth-order valence-electron chi connectivity index (χ4n) is 1.58. The molecule has 5 heteroatoms. The summed E-state index contributed by atoms with van der Waals surface area (Å²) in [5, 5.41) is 3.30. The minimum Gasteiger partial charge on any atom is -0.402 e. The van der Waals surface area contributed by atoms with Gasteiger partial charge in [-0.1, -0.05) is 17.7 Å². The highest BCUT2D eigenvalue weighted by atomic mass is 35.5. The van der Waals surface area contributed by atoms with Gasteiger partial charge in [0.05, 0.1) is 0 Å². The molecular formula is C17H23ClN4. The van der Waals surface area contributed by atoms with Crippen molar-refractivity contribution in [2.75, 3.05) is 5.32 Å². The third kappa shape index (κ3) is 6.59. The van der Waals surface area contributed by atoms with Crippen LogP contribution < -0.4 is 11.1 Å². The summed E-state index contributed by atoms with van der Waals surface area (Å²) < 4.78 is 0. The Morgan fingerprint density at radius 3 is 2.64 bits per heavy atom. The molecule has 0 fully saturated rings.